The zero-order chi connectivity index (χ0) is 15.3. The fraction of sp³-hybridized carbons (Fsp3) is 0.667. The quantitative estimate of drug-likeness (QED) is 0.759. The van der Waals surface area contributed by atoms with E-state index in [0.29, 0.717) is 6.04 Å². The third-order valence-electron chi connectivity index (χ3n) is 3.60. The molecule has 1 aromatic carbocycles. The van der Waals surface area contributed by atoms with Crippen molar-refractivity contribution in [2.75, 3.05) is 24.3 Å². The maximum Gasteiger partial charge on any atom is 0.0373 e. The summed E-state index contributed by atoms with van der Waals surface area (Å²) in [6, 6.07) is 7.23. The molecule has 1 rings (SSSR count). The number of anilines is 2. The Balaban J connectivity index is 2.82. The van der Waals surface area contributed by atoms with E-state index in [1.54, 1.807) is 0 Å². The van der Waals surface area contributed by atoms with Gasteiger partial charge in [0.2, 0.25) is 0 Å². The predicted octanol–water partition coefficient (Wildman–Crippen LogP) is 4.93. The van der Waals surface area contributed by atoms with Crippen LogP contribution in [0.25, 0.3) is 0 Å². The van der Waals surface area contributed by atoms with Crippen LogP contribution in [0.3, 0.4) is 0 Å². The standard InChI is InChI=1S/C18H32N2/c1-13(2)10-16(11-14(3)4)19-18-9-8-17(20(6)7)12-15(18)5/h8-9,12-14,16,19H,10-11H2,1-7H3. The summed E-state index contributed by atoms with van der Waals surface area (Å²) in [6.45, 7) is 11.4. The van der Waals surface area contributed by atoms with E-state index < -0.39 is 0 Å². The Labute approximate surface area is 125 Å². The summed E-state index contributed by atoms with van der Waals surface area (Å²) < 4.78 is 0. The predicted molar refractivity (Wildman–Crippen MR) is 91.8 cm³/mol. The van der Waals surface area contributed by atoms with Crippen molar-refractivity contribution < 1.29 is 0 Å². The number of hydrogen-bond donors (Lipinski definition) is 1. The van der Waals surface area contributed by atoms with Gasteiger partial charge in [-0.15, -0.1) is 0 Å². The summed E-state index contributed by atoms with van der Waals surface area (Å²) in [6.07, 6.45) is 2.46. The molecule has 0 unspecified atom stereocenters. The average Bonchev–Trinajstić information content (AvgIpc) is 2.29. The van der Waals surface area contributed by atoms with E-state index in [4.69, 9.17) is 0 Å². The van der Waals surface area contributed by atoms with Crippen LogP contribution in [0.1, 0.15) is 46.1 Å². The van der Waals surface area contributed by atoms with Crippen LogP contribution >= 0.6 is 0 Å². The summed E-state index contributed by atoms with van der Waals surface area (Å²) in [4.78, 5) is 2.15. The molecule has 0 saturated heterocycles. The molecule has 0 saturated carbocycles. The first-order chi connectivity index (χ1) is 9.29. The number of nitrogens with one attached hydrogen (secondary N) is 1. The minimum atomic E-state index is 0.568. The van der Waals surface area contributed by atoms with E-state index >= 15 is 0 Å². The summed E-state index contributed by atoms with van der Waals surface area (Å²) in [5.74, 6) is 1.46. The molecule has 0 bridgehead atoms. The highest BCUT2D eigenvalue weighted by atomic mass is 15.1. The molecule has 1 N–H and O–H groups in total. The highest BCUT2D eigenvalue weighted by Crippen LogP contribution is 2.24. The third kappa shape index (κ3) is 5.44. The van der Waals surface area contributed by atoms with Crippen LogP contribution in [0, 0.1) is 18.8 Å². The Morgan fingerprint density at radius 2 is 1.55 bits per heavy atom. The summed E-state index contributed by atoms with van der Waals surface area (Å²) in [7, 11) is 4.17. The Bertz CT molecular complexity index is 398. The van der Waals surface area contributed by atoms with Crippen LogP contribution < -0.4 is 10.2 Å². The van der Waals surface area contributed by atoms with Crippen molar-refractivity contribution in [3.05, 3.63) is 23.8 Å². The largest absolute Gasteiger partial charge is 0.382 e. The number of nitrogens with zero attached hydrogens (tertiary/aromatic N) is 1. The Morgan fingerprint density at radius 1 is 1.00 bits per heavy atom. The van der Waals surface area contributed by atoms with Gasteiger partial charge in [0.1, 0.15) is 0 Å². The van der Waals surface area contributed by atoms with E-state index in [0.717, 1.165) is 11.8 Å². The second-order valence-corrected chi connectivity index (χ2v) is 6.99. The minimum absolute atomic E-state index is 0.568. The van der Waals surface area contributed by atoms with Gasteiger partial charge in [0.05, 0.1) is 0 Å². The maximum atomic E-state index is 3.76. The zero-order valence-corrected chi connectivity index (χ0v) is 14.3. The molecule has 0 heterocycles. The summed E-state index contributed by atoms with van der Waals surface area (Å²) in [5.41, 5.74) is 3.87. The fourth-order valence-corrected chi connectivity index (χ4v) is 2.66. The molecule has 0 spiro atoms. The SMILES string of the molecule is Cc1cc(N(C)C)ccc1NC(CC(C)C)CC(C)C. The Morgan fingerprint density at radius 3 is 1.95 bits per heavy atom. The summed E-state index contributed by atoms with van der Waals surface area (Å²) in [5, 5.41) is 3.76. The molecule has 2 nitrogen and oxygen atoms in total. The average molecular weight is 276 g/mol. The number of hydrogen-bond acceptors (Lipinski definition) is 2. The highest BCUT2D eigenvalue weighted by molar-refractivity contribution is 5.60. The van der Waals surface area contributed by atoms with Gasteiger partial charge >= 0.3 is 0 Å². The zero-order valence-electron chi connectivity index (χ0n) is 14.3. The van der Waals surface area contributed by atoms with Crippen molar-refractivity contribution in [1.29, 1.82) is 0 Å². The van der Waals surface area contributed by atoms with Gasteiger partial charge in [0, 0.05) is 31.5 Å². The van der Waals surface area contributed by atoms with E-state index in [1.165, 1.54) is 29.8 Å². The van der Waals surface area contributed by atoms with E-state index in [2.05, 4.69) is 77.1 Å². The van der Waals surface area contributed by atoms with Crippen LogP contribution in [0.5, 0.6) is 0 Å². The van der Waals surface area contributed by atoms with Crippen molar-refractivity contribution in [2.45, 2.75) is 53.5 Å². The van der Waals surface area contributed by atoms with Crippen molar-refractivity contribution in [2.24, 2.45) is 11.8 Å². The van der Waals surface area contributed by atoms with Gasteiger partial charge in [-0.3, -0.25) is 0 Å². The smallest absolute Gasteiger partial charge is 0.0373 e. The van der Waals surface area contributed by atoms with Gasteiger partial charge < -0.3 is 10.2 Å². The number of benzene rings is 1. The van der Waals surface area contributed by atoms with Gasteiger partial charge in [-0.25, -0.2) is 0 Å². The molecule has 0 aliphatic carbocycles. The molecule has 2 heteroatoms. The molecule has 0 aliphatic heterocycles. The van der Waals surface area contributed by atoms with Crippen molar-refractivity contribution >= 4 is 11.4 Å². The number of rotatable bonds is 7. The minimum Gasteiger partial charge on any atom is -0.382 e. The monoisotopic (exact) mass is 276 g/mol. The molecule has 0 fully saturated rings. The molecular weight excluding hydrogens is 244 g/mol. The van der Waals surface area contributed by atoms with Crippen molar-refractivity contribution in [3.8, 4) is 0 Å². The first-order valence-corrected chi connectivity index (χ1v) is 7.84. The number of aryl methyl sites for hydroxylation is 1. The van der Waals surface area contributed by atoms with E-state index in [1.807, 2.05) is 0 Å². The lowest BCUT2D eigenvalue weighted by Crippen LogP contribution is -2.24. The highest BCUT2D eigenvalue weighted by Gasteiger charge is 2.14. The van der Waals surface area contributed by atoms with Crippen molar-refractivity contribution in [3.63, 3.8) is 0 Å². The maximum absolute atomic E-state index is 3.76. The lowest BCUT2D eigenvalue weighted by atomic mass is 9.95. The van der Waals surface area contributed by atoms with Gasteiger partial charge in [-0.2, -0.15) is 0 Å². The Hall–Kier alpha value is -1.18. The first-order valence-electron chi connectivity index (χ1n) is 7.84. The molecule has 0 aliphatic rings. The van der Waals surface area contributed by atoms with Crippen LogP contribution in [0.4, 0.5) is 11.4 Å². The lowest BCUT2D eigenvalue weighted by Gasteiger charge is -2.25. The molecule has 0 amide bonds. The molecule has 0 aromatic heterocycles. The normalized spacial score (nSPS) is 11.5. The molecule has 0 atom stereocenters. The van der Waals surface area contributed by atoms with Crippen LogP contribution in [0.15, 0.2) is 18.2 Å². The van der Waals surface area contributed by atoms with Gasteiger partial charge in [0.15, 0.2) is 0 Å². The van der Waals surface area contributed by atoms with Gasteiger partial charge in [-0.05, 0) is 55.4 Å². The second-order valence-electron chi connectivity index (χ2n) is 6.99. The fourth-order valence-electron chi connectivity index (χ4n) is 2.66. The van der Waals surface area contributed by atoms with E-state index in [9.17, 15) is 0 Å². The van der Waals surface area contributed by atoms with Crippen LogP contribution in [0.2, 0.25) is 0 Å². The summed E-state index contributed by atoms with van der Waals surface area (Å²) >= 11 is 0. The first kappa shape index (κ1) is 16.9. The topological polar surface area (TPSA) is 15.3 Å². The molecule has 1 aromatic rings. The van der Waals surface area contributed by atoms with Gasteiger partial charge in [0.25, 0.3) is 0 Å². The van der Waals surface area contributed by atoms with Crippen molar-refractivity contribution in [1.82, 2.24) is 0 Å². The van der Waals surface area contributed by atoms with Crippen LogP contribution in [-0.2, 0) is 0 Å². The molecule has 114 valence electrons. The molecule has 0 radical (unpaired) electrons. The lowest BCUT2D eigenvalue weighted by molar-refractivity contribution is 0.442. The molecule has 20 heavy (non-hydrogen) atoms. The van der Waals surface area contributed by atoms with Crippen LogP contribution in [-0.4, -0.2) is 20.1 Å². The van der Waals surface area contributed by atoms with Gasteiger partial charge in [-0.1, -0.05) is 27.7 Å². The Kier molecular flexibility index (Phi) is 6.38. The second kappa shape index (κ2) is 7.56. The molecular formula is C18H32N2. The third-order valence-corrected chi connectivity index (χ3v) is 3.60. The van der Waals surface area contributed by atoms with E-state index in [-0.39, 0.29) is 0 Å².